The van der Waals surface area contributed by atoms with Gasteiger partial charge in [0.15, 0.2) is 5.79 Å². The van der Waals surface area contributed by atoms with Crippen LogP contribution in [0.2, 0.25) is 0 Å². The quantitative estimate of drug-likeness (QED) is 0.790. The molecule has 3 heterocycles. The molecule has 0 spiro atoms. The molecule has 0 unspecified atom stereocenters. The number of rotatable bonds is 2. The number of ether oxygens (including phenoxy) is 2. The normalized spacial score (nSPS) is 35.1. The largest absolute Gasteiger partial charge is 0.395 e. The number of hydrogen-bond acceptors (Lipinski definition) is 7. The Morgan fingerprint density at radius 3 is 2.85 bits per heavy atom. The zero-order valence-electron chi connectivity index (χ0n) is 11.2. The van der Waals surface area contributed by atoms with Crippen molar-refractivity contribution in [1.82, 2.24) is 9.55 Å². The molecule has 110 valence electrons. The summed E-state index contributed by atoms with van der Waals surface area (Å²) in [4.78, 5) is 15.7. The van der Waals surface area contributed by atoms with Crippen molar-refractivity contribution < 1.29 is 14.6 Å². The van der Waals surface area contributed by atoms with Crippen molar-refractivity contribution in [1.29, 1.82) is 0 Å². The predicted molar refractivity (Wildman–Crippen MR) is 74.2 cm³/mol. The van der Waals surface area contributed by atoms with Gasteiger partial charge in [-0.25, -0.2) is 4.79 Å². The second-order valence-corrected chi connectivity index (χ2v) is 6.72. The van der Waals surface area contributed by atoms with Gasteiger partial charge < -0.3 is 20.3 Å². The number of nitrogens with two attached hydrogens (primary N) is 1. The SMILES string of the molecule is CC1(C)O[C@@H]2[C@H](O1)[C@H](n1ccc(N)nc1=O)S[C@@H]2CO. The van der Waals surface area contributed by atoms with E-state index >= 15 is 0 Å². The predicted octanol–water partition coefficient (Wildman–Crippen LogP) is -0.0481. The van der Waals surface area contributed by atoms with Gasteiger partial charge >= 0.3 is 5.69 Å². The van der Waals surface area contributed by atoms with E-state index in [1.54, 1.807) is 12.3 Å². The van der Waals surface area contributed by atoms with Gasteiger partial charge in [-0.2, -0.15) is 4.98 Å². The van der Waals surface area contributed by atoms with Gasteiger partial charge in [0.05, 0.1) is 11.9 Å². The zero-order chi connectivity index (χ0) is 14.5. The molecular weight excluding hydrogens is 282 g/mol. The molecule has 0 aromatic carbocycles. The third kappa shape index (κ3) is 2.22. The minimum atomic E-state index is -0.715. The highest BCUT2D eigenvalue weighted by Crippen LogP contribution is 2.50. The van der Waals surface area contributed by atoms with Crippen molar-refractivity contribution in [3.8, 4) is 0 Å². The van der Waals surface area contributed by atoms with Crippen LogP contribution in [0.4, 0.5) is 5.82 Å². The number of aromatic nitrogens is 2. The van der Waals surface area contributed by atoms with E-state index in [2.05, 4.69) is 4.98 Å². The molecular formula is C12H17N3O4S. The first-order valence-corrected chi connectivity index (χ1v) is 7.32. The first-order chi connectivity index (χ1) is 9.41. The van der Waals surface area contributed by atoms with Crippen LogP contribution >= 0.6 is 11.8 Å². The minimum Gasteiger partial charge on any atom is -0.395 e. The van der Waals surface area contributed by atoms with Crippen LogP contribution in [0.15, 0.2) is 17.1 Å². The summed E-state index contributed by atoms with van der Waals surface area (Å²) in [6.07, 6.45) is 1.07. The van der Waals surface area contributed by atoms with Gasteiger partial charge in [0, 0.05) is 6.20 Å². The average Bonchev–Trinajstić information content (AvgIpc) is 2.83. The number of aliphatic hydroxyl groups excluding tert-OH is 1. The third-order valence-electron chi connectivity index (χ3n) is 3.43. The second kappa shape index (κ2) is 4.73. The third-order valence-corrected chi connectivity index (χ3v) is 4.97. The van der Waals surface area contributed by atoms with Gasteiger partial charge in [0.25, 0.3) is 0 Å². The zero-order valence-corrected chi connectivity index (χ0v) is 12.0. The molecule has 2 saturated heterocycles. The Kier molecular flexibility index (Phi) is 3.28. The van der Waals surface area contributed by atoms with E-state index in [0.717, 1.165) is 0 Å². The lowest BCUT2D eigenvalue weighted by Crippen LogP contribution is -2.34. The van der Waals surface area contributed by atoms with E-state index in [1.165, 1.54) is 16.3 Å². The van der Waals surface area contributed by atoms with Crippen LogP contribution in [0, 0.1) is 0 Å². The molecule has 3 N–H and O–H groups in total. The lowest BCUT2D eigenvalue weighted by molar-refractivity contribution is -0.149. The summed E-state index contributed by atoms with van der Waals surface area (Å²) in [6, 6.07) is 1.57. The standard InChI is InChI=1S/C12H17N3O4S/c1-12(2)18-8-6(5-16)20-10(9(8)19-12)15-4-3-7(13)14-11(15)17/h3-4,6,8-10,16H,5H2,1-2H3,(H2,13,14,17)/t6-,8+,9+,10-/m1/s1. The number of nitrogens with zero attached hydrogens (tertiary/aromatic N) is 2. The molecule has 2 aliphatic rings. The molecule has 0 aliphatic carbocycles. The maximum Gasteiger partial charge on any atom is 0.350 e. The van der Waals surface area contributed by atoms with Gasteiger partial charge in [-0.15, -0.1) is 11.8 Å². The molecule has 8 heteroatoms. The Balaban J connectivity index is 1.96. The lowest BCUT2D eigenvalue weighted by Gasteiger charge is -2.23. The Bertz CT molecular complexity index is 576. The molecule has 0 radical (unpaired) electrons. The van der Waals surface area contributed by atoms with E-state index in [1.807, 2.05) is 13.8 Å². The molecule has 7 nitrogen and oxygen atoms in total. The van der Waals surface area contributed by atoms with Crippen LogP contribution in [-0.4, -0.2) is 44.5 Å². The van der Waals surface area contributed by atoms with Crippen LogP contribution in [0.1, 0.15) is 19.2 Å². The maximum atomic E-state index is 12.0. The van der Waals surface area contributed by atoms with Crippen LogP contribution in [0.5, 0.6) is 0 Å². The van der Waals surface area contributed by atoms with Crippen molar-refractivity contribution in [2.24, 2.45) is 0 Å². The van der Waals surface area contributed by atoms with E-state index in [0.29, 0.717) is 0 Å². The molecule has 1 aromatic heterocycles. The Hall–Kier alpha value is -1.09. The molecule has 20 heavy (non-hydrogen) atoms. The lowest BCUT2D eigenvalue weighted by atomic mass is 10.1. The van der Waals surface area contributed by atoms with Crippen molar-refractivity contribution in [2.45, 2.75) is 42.5 Å². The fourth-order valence-electron chi connectivity index (χ4n) is 2.65. The fourth-order valence-corrected chi connectivity index (χ4v) is 4.12. The number of fused-ring (bicyclic) bond motifs is 1. The first kappa shape index (κ1) is 13.9. The van der Waals surface area contributed by atoms with Crippen molar-refractivity contribution in [2.75, 3.05) is 12.3 Å². The Labute approximate surface area is 120 Å². The molecule has 1 aromatic rings. The van der Waals surface area contributed by atoms with Gasteiger partial charge in [-0.05, 0) is 19.9 Å². The highest BCUT2D eigenvalue weighted by Gasteiger charge is 2.55. The molecule has 2 aliphatic heterocycles. The van der Waals surface area contributed by atoms with Crippen molar-refractivity contribution in [3.63, 3.8) is 0 Å². The molecule has 0 amide bonds. The number of anilines is 1. The summed E-state index contributed by atoms with van der Waals surface area (Å²) in [5.41, 5.74) is 5.08. The van der Waals surface area contributed by atoms with Gasteiger partial charge in [-0.1, -0.05) is 0 Å². The topological polar surface area (TPSA) is 99.6 Å². The summed E-state index contributed by atoms with van der Waals surface area (Å²) in [5, 5.41) is 9.08. The number of hydrogen-bond donors (Lipinski definition) is 2. The van der Waals surface area contributed by atoms with Crippen LogP contribution in [0.3, 0.4) is 0 Å². The molecule has 3 rings (SSSR count). The van der Waals surface area contributed by atoms with E-state index < -0.39 is 11.5 Å². The monoisotopic (exact) mass is 299 g/mol. The molecule has 0 bridgehead atoms. The molecule has 2 fully saturated rings. The average molecular weight is 299 g/mol. The van der Waals surface area contributed by atoms with E-state index in [4.69, 9.17) is 15.2 Å². The highest BCUT2D eigenvalue weighted by molar-refractivity contribution is 8.00. The first-order valence-electron chi connectivity index (χ1n) is 6.38. The van der Waals surface area contributed by atoms with Crippen LogP contribution in [-0.2, 0) is 9.47 Å². The Morgan fingerprint density at radius 2 is 2.20 bits per heavy atom. The summed E-state index contributed by atoms with van der Waals surface area (Å²) in [5.74, 6) is -0.527. The minimum absolute atomic E-state index is 0.0288. The van der Waals surface area contributed by atoms with Crippen LogP contribution < -0.4 is 11.4 Å². The van der Waals surface area contributed by atoms with Crippen molar-refractivity contribution in [3.05, 3.63) is 22.7 Å². The maximum absolute atomic E-state index is 12.0. The Morgan fingerprint density at radius 1 is 1.50 bits per heavy atom. The van der Waals surface area contributed by atoms with E-state index in [-0.39, 0.29) is 35.3 Å². The van der Waals surface area contributed by atoms with Gasteiger partial charge in [0.1, 0.15) is 23.4 Å². The molecule has 0 saturated carbocycles. The second-order valence-electron chi connectivity index (χ2n) is 5.35. The van der Waals surface area contributed by atoms with E-state index in [9.17, 15) is 9.90 Å². The summed E-state index contributed by atoms with van der Waals surface area (Å²) in [6.45, 7) is 3.62. The highest BCUT2D eigenvalue weighted by atomic mass is 32.2. The summed E-state index contributed by atoms with van der Waals surface area (Å²) < 4.78 is 13.2. The number of nitrogen functional groups attached to an aromatic ring is 1. The summed E-state index contributed by atoms with van der Waals surface area (Å²) >= 11 is 1.46. The fraction of sp³-hybridized carbons (Fsp3) is 0.667. The summed E-state index contributed by atoms with van der Waals surface area (Å²) in [7, 11) is 0. The van der Waals surface area contributed by atoms with Crippen molar-refractivity contribution >= 4 is 17.6 Å². The van der Waals surface area contributed by atoms with Crippen LogP contribution in [0.25, 0.3) is 0 Å². The number of thioether (sulfide) groups is 1. The van der Waals surface area contributed by atoms with Gasteiger partial charge in [-0.3, -0.25) is 4.57 Å². The molecule has 4 atom stereocenters. The smallest absolute Gasteiger partial charge is 0.350 e. The number of aliphatic hydroxyl groups is 1. The van der Waals surface area contributed by atoms with Gasteiger partial charge in [0.2, 0.25) is 0 Å².